The first-order valence-corrected chi connectivity index (χ1v) is 9.41. The maximum absolute atomic E-state index is 12.9. The van der Waals surface area contributed by atoms with Gasteiger partial charge in [-0.15, -0.1) is 0 Å². The highest BCUT2D eigenvalue weighted by Gasteiger charge is 2.42. The van der Waals surface area contributed by atoms with E-state index in [4.69, 9.17) is 4.74 Å². The number of rotatable bonds is 5. The van der Waals surface area contributed by atoms with Crippen molar-refractivity contribution in [2.75, 3.05) is 11.9 Å². The molecule has 1 aliphatic rings. The first-order chi connectivity index (χ1) is 12.4. The molecule has 3 rings (SSSR count). The van der Waals surface area contributed by atoms with Gasteiger partial charge in [-0.1, -0.05) is 48.5 Å². The number of amides is 1. The molecule has 1 saturated heterocycles. The number of hydrogen-bond donors (Lipinski definition) is 1. The largest absolute Gasteiger partial charge is 0.376 e. The molecule has 1 atom stereocenters. The van der Waals surface area contributed by atoms with Crippen LogP contribution in [-0.4, -0.2) is 18.1 Å². The number of aryl methyl sites for hydroxylation is 1. The molecule has 1 N–H and O–H groups in total. The van der Waals surface area contributed by atoms with Crippen LogP contribution in [0.15, 0.2) is 54.6 Å². The zero-order valence-corrected chi connectivity index (χ0v) is 16.0. The predicted octanol–water partition coefficient (Wildman–Crippen LogP) is 5.14. The van der Waals surface area contributed by atoms with Gasteiger partial charge in [0.25, 0.3) is 0 Å². The van der Waals surface area contributed by atoms with Crippen molar-refractivity contribution in [3.63, 3.8) is 0 Å². The number of para-hydroxylation sites is 1. The number of anilines is 1. The van der Waals surface area contributed by atoms with E-state index in [0.717, 1.165) is 30.5 Å². The van der Waals surface area contributed by atoms with Gasteiger partial charge in [0.15, 0.2) is 0 Å². The van der Waals surface area contributed by atoms with Gasteiger partial charge < -0.3 is 10.1 Å². The second-order valence-electron chi connectivity index (χ2n) is 8.24. The average Bonchev–Trinajstić information content (AvgIpc) is 2.56. The Balaban J connectivity index is 1.79. The van der Waals surface area contributed by atoms with E-state index < -0.39 is 0 Å². The molecule has 0 saturated carbocycles. The summed E-state index contributed by atoms with van der Waals surface area (Å²) in [5.74, 6) is 0.0907. The normalized spacial score (nSPS) is 22.0. The van der Waals surface area contributed by atoms with Crippen molar-refractivity contribution in [1.82, 2.24) is 0 Å². The lowest BCUT2D eigenvalue weighted by molar-refractivity contribution is -0.129. The van der Waals surface area contributed by atoms with Gasteiger partial charge in [0.2, 0.25) is 5.91 Å². The van der Waals surface area contributed by atoms with Crippen LogP contribution in [-0.2, 0) is 16.0 Å². The first-order valence-electron chi connectivity index (χ1n) is 9.41. The Kier molecular flexibility index (Phi) is 5.47. The van der Waals surface area contributed by atoms with Gasteiger partial charge >= 0.3 is 0 Å². The molecular weight excluding hydrogens is 322 g/mol. The van der Waals surface area contributed by atoms with Gasteiger partial charge in [-0.2, -0.15) is 0 Å². The molecule has 1 amide bonds. The lowest BCUT2D eigenvalue weighted by atomic mass is 9.68. The molecule has 1 heterocycles. The summed E-state index contributed by atoms with van der Waals surface area (Å²) in [6, 6.07) is 18.4. The number of carbonyl (C=O) groups excluding carboxylic acids is 1. The summed E-state index contributed by atoms with van der Waals surface area (Å²) in [4.78, 5) is 12.9. The van der Waals surface area contributed by atoms with Crippen LogP contribution in [0.3, 0.4) is 0 Å². The highest BCUT2D eigenvalue weighted by Crippen LogP contribution is 2.44. The summed E-state index contributed by atoms with van der Waals surface area (Å²) in [6.07, 6.45) is 3.22. The van der Waals surface area contributed by atoms with E-state index >= 15 is 0 Å². The average molecular weight is 351 g/mol. The summed E-state index contributed by atoms with van der Waals surface area (Å²) in [7, 11) is 0. The quantitative estimate of drug-likeness (QED) is 0.810. The van der Waals surface area contributed by atoms with Gasteiger partial charge in [-0.3, -0.25) is 4.79 Å². The molecule has 0 radical (unpaired) electrons. The highest BCUT2D eigenvalue weighted by molar-refractivity contribution is 5.91. The van der Waals surface area contributed by atoms with Crippen molar-refractivity contribution in [3.8, 4) is 0 Å². The lowest BCUT2D eigenvalue weighted by Crippen LogP contribution is -2.44. The van der Waals surface area contributed by atoms with E-state index in [1.54, 1.807) is 0 Å². The lowest BCUT2D eigenvalue weighted by Gasteiger charge is -2.45. The van der Waals surface area contributed by atoms with Crippen molar-refractivity contribution in [1.29, 1.82) is 0 Å². The molecule has 1 aliphatic heterocycles. The van der Waals surface area contributed by atoms with Gasteiger partial charge in [-0.25, -0.2) is 0 Å². The van der Waals surface area contributed by atoms with Gasteiger partial charge in [0.1, 0.15) is 0 Å². The maximum atomic E-state index is 12.9. The third kappa shape index (κ3) is 4.73. The zero-order chi connectivity index (χ0) is 18.6. The maximum Gasteiger partial charge on any atom is 0.224 e. The van der Waals surface area contributed by atoms with E-state index in [9.17, 15) is 4.79 Å². The molecule has 2 aromatic rings. The van der Waals surface area contributed by atoms with E-state index in [0.29, 0.717) is 13.0 Å². The molecule has 0 spiro atoms. The fourth-order valence-electron chi connectivity index (χ4n) is 4.23. The Morgan fingerprint density at radius 3 is 2.46 bits per heavy atom. The fourth-order valence-corrected chi connectivity index (χ4v) is 4.23. The fraction of sp³-hybridized carbons (Fsp3) is 0.435. The molecule has 1 fully saturated rings. The minimum Gasteiger partial charge on any atom is -0.376 e. The van der Waals surface area contributed by atoms with Crippen molar-refractivity contribution in [2.24, 2.45) is 5.41 Å². The summed E-state index contributed by atoms with van der Waals surface area (Å²) in [5, 5.41) is 3.12. The van der Waals surface area contributed by atoms with Crippen LogP contribution in [0.25, 0.3) is 0 Å². The van der Waals surface area contributed by atoms with Crippen molar-refractivity contribution < 1.29 is 9.53 Å². The summed E-state index contributed by atoms with van der Waals surface area (Å²) < 4.78 is 5.95. The summed E-state index contributed by atoms with van der Waals surface area (Å²) in [6.45, 7) is 6.99. The van der Waals surface area contributed by atoms with Crippen LogP contribution in [0.2, 0.25) is 0 Å². The second kappa shape index (κ2) is 7.63. The molecule has 2 aromatic carbocycles. The number of benzene rings is 2. The van der Waals surface area contributed by atoms with Crippen LogP contribution >= 0.6 is 0 Å². The van der Waals surface area contributed by atoms with E-state index in [2.05, 4.69) is 43.4 Å². The number of nitrogens with one attached hydrogen (secondary N) is 1. The Hall–Kier alpha value is -2.13. The topological polar surface area (TPSA) is 38.3 Å². The van der Waals surface area contributed by atoms with Crippen LogP contribution in [0.4, 0.5) is 5.69 Å². The van der Waals surface area contributed by atoms with Crippen molar-refractivity contribution >= 4 is 11.6 Å². The van der Waals surface area contributed by atoms with Crippen LogP contribution in [0, 0.1) is 12.3 Å². The smallest absolute Gasteiger partial charge is 0.224 e. The molecule has 138 valence electrons. The monoisotopic (exact) mass is 351 g/mol. The summed E-state index contributed by atoms with van der Waals surface area (Å²) >= 11 is 0. The van der Waals surface area contributed by atoms with Crippen LogP contribution in [0.5, 0.6) is 0 Å². The molecule has 0 unspecified atom stereocenters. The Morgan fingerprint density at radius 1 is 1.08 bits per heavy atom. The predicted molar refractivity (Wildman–Crippen MR) is 106 cm³/mol. The van der Waals surface area contributed by atoms with Gasteiger partial charge in [-0.05, 0) is 62.6 Å². The van der Waals surface area contributed by atoms with Gasteiger partial charge in [0.05, 0.1) is 5.60 Å². The minimum atomic E-state index is -0.198. The number of ether oxygens (including phenoxy) is 1. The Labute approximate surface area is 156 Å². The number of carbonyl (C=O) groups is 1. The Morgan fingerprint density at radius 2 is 1.77 bits per heavy atom. The second-order valence-corrected chi connectivity index (χ2v) is 8.24. The standard InChI is InChI=1S/C23H29NO2/c1-18-9-7-8-12-20(18)24-21(25)16-23(13-14-26-22(2,3)17-23)15-19-10-5-4-6-11-19/h4-12H,13-17H2,1-3H3,(H,24,25)/t23-/m0/s1. The Bertz CT molecular complexity index is 754. The molecule has 0 aliphatic carbocycles. The van der Waals surface area contributed by atoms with E-state index in [-0.39, 0.29) is 16.9 Å². The molecule has 26 heavy (non-hydrogen) atoms. The van der Waals surface area contributed by atoms with Crippen LogP contribution in [0.1, 0.15) is 44.2 Å². The van der Waals surface area contributed by atoms with Crippen LogP contribution < -0.4 is 5.32 Å². The van der Waals surface area contributed by atoms with E-state index in [1.165, 1.54) is 5.56 Å². The summed E-state index contributed by atoms with van der Waals surface area (Å²) in [5.41, 5.74) is 3.00. The third-order valence-corrected chi connectivity index (χ3v) is 5.30. The highest BCUT2D eigenvalue weighted by atomic mass is 16.5. The van der Waals surface area contributed by atoms with Crippen molar-refractivity contribution in [2.45, 2.75) is 52.1 Å². The third-order valence-electron chi connectivity index (χ3n) is 5.30. The molecular formula is C23H29NO2. The zero-order valence-electron chi connectivity index (χ0n) is 16.0. The van der Waals surface area contributed by atoms with Gasteiger partial charge in [0, 0.05) is 18.7 Å². The van der Waals surface area contributed by atoms with E-state index in [1.807, 2.05) is 37.3 Å². The molecule has 3 heteroatoms. The number of hydrogen-bond acceptors (Lipinski definition) is 2. The van der Waals surface area contributed by atoms with Crippen molar-refractivity contribution in [3.05, 3.63) is 65.7 Å². The first kappa shape index (κ1) is 18.7. The molecule has 3 nitrogen and oxygen atoms in total. The minimum absolute atomic E-state index is 0.0735. The molecule has 0 aromatic heterocycles. The molecule has 0 bridgehead atoms. The SMILES string of the molecule is Cc1ccccc1NC(=O)C[C@@]1(Cc2ccccc2)CCOC(C)(C)C1.